The maximum atomic E-state index is 12.2. The van der Waals surface area contributed by atoms with E-state index in [1.54, 1.807) is 31.2 Å². The molecule has 0 fully saturated rings. The van der Waals surface area contributed by atoms with Crippen molar-refractivity contribution in [1.82, 2.24) is 10.6 Å². The molecule has 0 spiro atoms. The molecule has 3 amide bonds. The third kappa shape index (κ3) is 8.49. The van der Waals surface area contributed by atoms with Gasteiger partial charge >= 0.3 is 13.6 Å². The van der Waals surface area contributed by atoms with Crippen molar-refractivity contribution >= 4 is 41.2 Å². The maximum Gasteiger partial charge on any atom is 0.347 e. The number of carbonyl (C=O) groups excluding carboxylic acids is 2. The Labute approximate surface area is 155 Å². The number of amides is 3. The van der Waals surface area contributed by atoms with Gasteiger partial charge in [0.05, 0.1) is 6.61 Å². The molecule has 0 heterocycles. The average molecular weight is 436 g/mol. The van der Waals surface area contributed by atoms with E-state index in [4.69, 9.17) is 0 Å². The second-order valence-electron chi connectivity index (χ2n) is 5.20. The van der Waals surface area contributed by atoms with Gasteiger partial charge in [0.1, 0.15) is 12.3 Å². The Balaban J connectivity index is 2.59. The highest BCUT2D eigenvalue weighted by Crippen LogP contribution is 2.39. The Morgan fingerprint density at radius 3 is 2.48 bits per heavy atom. The zero-order valence-electron chi connectivity index (χ0n) is 14.1. The number of benzene rings is 1. The lowest BCUT2D eigenvalue weighted by molar-refractivity contribution is -0.122. The maximum absolute atomic E-state index is 12.2. The first-order valence-electron chi connectivity index (χ1n) is 7.84. The average Bonchev–Trinajstić information content (AvgIpc) is 2.54. The molecule has 25 heavy (non-hydrogen) atoms. The molecule has 0 bridgehead atoms. The molecule has 1 aromatic rings. The van der Waals surface area contributed by atoms with Crippen LogP contribution in [0.3, 0.4) is 0 Å². The Morgan fingerprint density at radius 2 is 1.92 bits per heavy atom. The number of hydrogen-bond acceptors (Lipinski definition) is 4. The lowest BCUT2D eigenvalue weighted by atomic mass is 10.1. The molecule has 0 aliphatic rings. The van der Waals surface area contributed by atoms with E-state index in [0.29, 0.717) is 18.5 Å². The molecule has 0 saturated carbocycles. The Kier molecular flexibility index (Phi) is 9.13. The van der Waals surface area contributed by atoms with Crippen LogP contribution in [0.25, 0.3) is 0 Å². The molecule has 0 aliphatic heterocycles. The zero-order chi connectivity index (χ0) is 18.9. The summed E-state index contributed by atoms with van der Waals surface area (Å²) < 4.78 is 17.2. The van der Waals surface area contributed by atoms with E-state index in [9.17, 15) is 19.0 Å². The smallest absolute Gasteiger partial charge is 0.343 e. The predicted molar refractivity (Wildman–Crippen MR) is 99.5 cm³/mol. The summed E-state index contributed by atoms with van der Waals surface area (Å²) in [7, 11) is -3.86. The topological polar surface area (TPSA) is 117 Å². The van der Waals surface area contributed by atoms with Crippen LogP contribution in [-0.2, 0) is 13.9 Å². The molecule has 1 aromatic carbocycles. The fourth-order valence-corrected chi connectivity index (χ4v) is 3.08. The first-order valence-corrected chi connectivity index (χ1v) is 10.4. The SMILES string of the molecule is CCCC(NC(=O)Nc1ccc(Br)cc1)C(=O)NCP(=O)(O)OCC. The van der Waals surface area contributed by atoms with Crippen molar-refractivity contribution in [1.29, 1.82) is 0 Å². The van der Waals surface area contributed by atoms with E-state index in [-0.39, 0.29) is 6.61 Å². The minimum absolute atomic E-state index is 0.0654. The number of anilines is 1. The molecule has 4 N–H and O–H groups in total. The van der Waals surface area contributed by atoms with Crippen LogP contribution in [-0.4, -0.2) is 35.8 Å². The van der Waals surface area contributed by atoms with Crippen LogP contribution in [0.1, 0.15) is 26.7 Å². The third-order valence-electron chi connectivity index (χ3n) is 3.09. The Bertz CT molecular complexity index is 626. The minimum Gasteiger partial charge on any atom is -0.343 e. The summed E-state index contributed by atoms with van der Waals surface area (Å²) >= 11 is 3.30. The fourth-order valence-electron chi connectivity index (χ4n) is 1.96. The van der Waals surface area contributed by atoms with Gasteiger partial charge in [-0.2, -0.15) is 0 Å². The number of urea groups is 1. The van der Waals surface area contributed by atoms with Crippen LogP contribution >= 0.6 is 23.5 Å². The summed E-state index contributed by atoms with van der Waals surface area (Å²) in [5.41, 5.74) is 0.576. The van der Waals surface area contributed by atoms with E-state index in [1.165, 1.54) is 0 Å². The number of carbonyl (C=O) groups is 2. The fraction of sp³-hybridized carbons (Fsp3) is 0.467. The van der Waals surface area contributed by atoms with Gasteiger partial charge in [0, 0.05) is 10.2 Å². The van der Waals surface area contributed by atoms with Gasteiger partial charge in [-0.15, -0.1) is 0 Å². The van der Waals surface area contributed by atoms with Crippen LogP contribution in [0.5, 0.6) is 0 Å². The van der Waals surface area contributed by atoms with E-state index in [0.717, 1.165) is 4.47 Å². The lowest BCUT2D eigenvalue weighted by Gasteiger charge is -2.19. The lowest BCUT2D eigenvalue weighted by Crippen LogP contribution is -2.48. The van der Waals surface area contributed by atoms with Crippen molar-refractivity contribution in [3.63, 3.8) is 0 Å². The summed E-state index contributed by atoms with van der Waals surface area (Å²) in [6.45, 7) is 3.51. The van der Waals surface area contributed by atoms with E-state index >= 15 is 0 Å². The summed E-state index contributed by atoms with van der Waals surface area (Å²) in [6, 6.07) is 5.62. The van der Waals surface area contributed by atoms with Crippen molar-refractivity contribution < 1.29 is 23.6 Å². The monoisotopic (exact) mass is 435 g/mol. The van der Waals surface area contributed by atoms with Crippen molar-refractivity contribution in [2.75, 3.05) is 18.2 Å². The second-order valence-corrected chi connectivity index (χ2v) is 7.97. The molecule has 0 aromatic heterocycles. The molecular weight excluding hydrogens is 413 g/mol. The summed E-state index contributed by atoms with van der Waals surface area (Å²) in [5, 5.41) is 7.53. The van der Waals surface area contributed by atoms with E-state index < -0.39 is 31.9 Å². The summed E-state index contributed by atoms with van der Waals surface area (Å²) in [4.78, 5) is 33.7. The Hall–Kier alpha value is -1.41. The van der Waals surface area contributed by atoms with Gasteiger partial charge < -0.3 is 25.4 Å². The number of nitrogens with one attached hydrogen (secondary N) is 3. The van der Waals surface area contributed by atoms with Gasteiger partial charge in [-0.3, -0.25) is 9.36 Å². The molecule has 10 heteroatoms. The highest BCUT2D eigenvalue weighted by atomic mass is 79.9. The number of rotatable bonds is 9. The molecular formula is C15H23BrN3O5P. The quantitative estimate of drug-likeness (QED) is 0.444. The first-order chi connectivity index (χ1) is 11.8. The molecule has 0 radical (unpaired) electrons. The largest absolute Gasteiger partial charge is 0.347 e. The van der Waals surface area contributed by atoms with Crippen molar-refractivity contribution in [3.8, 4) is 0 Å². The van der Waals surface area contributed by atoms with Gasteiger partial charge in [0.15, 0.2) is 0 Å². The van der Waals surface area contributed by atoms with Crippen LogP contribution in [0.4, 0.5) is 10.5 Å². The van der Waals surface area contributed by atoms with Gasteiger partial charge in [0.2, 0.25) is 5.91 Å². The van der Waals surface area contributed by atoms with Gasteiger partial charge in [-0.05, 0) is 37.6 Å². The standard InChI is InChI=1S/C15H23BrN3O5P/c1-3-5-13(14(20)17-10-25(22,23)24-4-2)19-15(21)18-12-8-6-11(16)7-9-12/h6-9,13H,3-5,10H2,1-2H3,(H,17,20)(H,22,23)(H2,18,19,21). The number of halogens is 1. The third-order valence-corrected chi connectivity index (χ3v) is 4.83. The predicted octanol–water partition coefficient (Wildman–Crippen LogP) is 3.03. The highest BCUT2D eigenvalue weighted by molar-refractivity contribution is 9.10. The van der Waals surface area contributed by atoms with E-state index in [2.05, 4.69) is 36.4 Å². The van der Waals surface area contributed by atoms with Crippen LogP contribution in [0, 0.1) is 0 Å². The first kappa shape index (κ1) is 21.6. The van der Waals surface area contributed by atoms with Crippen LogP contribution < -0.4 is 16.0 Å². The molecule has 0 saturated heterocycles. The van der Waals surface area contributed by atoms with Gasteiger partial charge in [0.25, 0.3) is 0 Å². The second kappa shape index (κ2) is 10.6. The Morgan fingerprint density at radius 1 is 1.28 bits per heavy atom. The molecule has 140 valence electrons. The van der Waals surface area contributed by atoms with Crippen molar-refractivity contribution in [2.24, 2.45) is 0 Å². The molecule has 8 nitrogen and oxygen atoms in total. The van der Waals surface area contributed by atoms with Crippen molar-refractivity contribution in [3.05, 3.63) is 28.7 Å². The van der Waals surface area contributed by atoms with Crippen LogP contribution in [0.15, 0.2) is 28.7 Å². The van der Waals surface area contributed by atoms with Gasteiger partial charge in [-0.1, -0.05) is 29.3 Å². The van der Waals surface area contributed by atoms with E-state index in [1.807, 2.05) is 6.92 Å². The molecule has 2 atom stereocenters. The van der Waals surface area contributed by atoms with Gasteiger partial charge in [-0.25, -0.2) is 4.79 Å². The minimum atomic E-state index is -3.86. The zero-order valence-corrected chi connectivity index (χ0v) is 16.6. The normalized spacial score (nSPS) is 14.2. The van der Waals surface area contributed by atoms with Crippen molar-refractivity contribution in [2.45, 2.75) is 32.7 Å². The number of hydrogen-bond donors (Lipinski definition) is 4. The summed E-state index contributed by atoms with van der Waals surface area (Å²) in [6.07, 6.45) is 0.540. The molecule has 1 rings (SSSR count). The highest BCUT2D eigenvalue weighted by Gasteiger charge is 2.24. The summed E-state index contributed by atoms with van der Waals surface area (Å²) in [5.74, 6) is -0.540. The molecule has 2 unspecified atom stereocenters. The molecule has 0 aliphatic carbocycles. The van der Waals surface area contributed by atoms with Crippen LogP contribution in [0.2, 0.25) is 0 Å².